The Morgan fingerprint density at radius 2 is 2.12 bits per heavy atom. The smallest absolute Gasteiger partial charge is 0.0837 e. The van der Waals surface area contributed by atoms with E-state index in [0.717, 1.165) is 38.5 Å². The molecule has 0 heterocycles. The molecule has 1 N–H and O–H groups in total. The maximum Gasteiger partial charge on any atom is 0.0837 e. The molecule has 0 aliphatic heterocycles. The molecule has 2 nitrogen and oxygen atoms in total. The van der Waals surface area contributed by atoms with Gasteiger partial charge in [-0.3, -0.25) is 0 Å². The van der Waals surface area contributed by atoms with E-state index < -0.39 is 5.41 Å². The summed E-state index contributed by atoms with van der Waals surface area (Å²) >= 11 is 0. The Morgan fingerprint density at radius 3 is 2.62 bits per heavy atom. The highest BCUT2D eigenvalue weighted by Gasteiger charge is 2.46. The molecule has 16 heavy (non-hydrogen) atoms. The normalized spacial score (nSPS) is 37.4. The fourth-order valence-electron chi connectivity index (χ4n) is 3.42. The first-order valence-corrected chi connectivity index (χ1v) is 6.81. The third-order valence-corrected chi connectivity index (χ3v) is 4.85. The van der Waals surface area contributed by atoms with E-state index >= 15 is 0 Å². The van der Waals surface area contributed by atoms with Crippen LogP contribution in [0.1, 0.15) is 58.3 Å². The third kappa shape index (κ3) is 1.98. The standard InChI is InChI=1S/C14H23NO/c1-2-11-5-4-8-14(9-11,10-15)13(16)12-6-3-7-12/h11-13,16H,2-9H2,1H3. The Labute approximate surface area is 98.7 Å². The minimum Gasteiger partial charge on any atom is -0.391 e. The number of aliphatic hydroxyl groups is 1. The molecule has 0 amide bonds. The van der Waals surface area contributed by atoms with E-state index in [2.05, 4.69) is 13.0 Å². The fraction of sp³-hybridized carbons (Fsp3) is 0.929. The van der Waals surface area contributed by atoms with Gasteiger partial charge in [0, 0.05) is 0 Å². The predicted octanol–water partition coefficient (Wildman–Crippen LogP) is 3.26. The van der Waals surface area contributed by atoms with Crippen LogP contribution in [-0.2, 0) is 0 Å². The van der Waals surface area contributed by atoms with Crippen LogP contribution in [0.3, 0.4) is 0 Å². The van der Waals surface area contributed by atoms with Gasteiger partial charge in [-0.05, 0) is 37.5 Å². The van der Waals surface area contributed by atoms with Crippen LogP contribution in [0.4, 0.5) is 0 Å². The van der Waals surface area contributed by atoms with Crippen LogP contribution >= 0.6 is 0 Å². The molecular formula is C14H23NO. The SMILES string of the molecule is CCC1CCCC(C#N)(C(O)C2CCC2)C1. The zero-order valence-corrected chi connectivity index (χ0v) is 10.3. The van der Waals surface area contributed by atoms with Gasteiger partial charge >= 0.3 is 0 Å². The Kier molecular flexibility index (Phi) is 3.54. The quantitative estimate of drug-likeness (QED) is 0.795. The molecule has 2 aliphatic rings. The average molecular weight is 221 g/mol. The number of hydrogen-bond acceptors (Lipinski definition) is 2. The van der Waals surface area contributed by atoms with Gasteiger partial charge in [0.1, 0.15) is 0 Å². The summed E-state index contributed by atoms with van der Waals surface area (Å²) in [7, 11) is 0. The summed E-state index contributed by atoms with van der Waals surface area (Å²) in [5.74, 6) is 1.07. The van der Waals surface area contributed by atoms with Crippen molar-refractivity contribution in [2.24, 2.45) is 17.3 Å². The molecule has 2 heteroatoms. The molecule has 0 spiro atoms. The second kappa shape index (κ2) is 4.75. The van der Waals surface area contributed by atoms with E-state index in [1.54, 1.807) is 0 Å². The zero-order valence-electron chi connectivity index (χ0n) is 10.3. The minimum atomic E-state index is -0.413. The van der Waals surface area contributed by atoms with Crippen molar-refractivity contribution in [2.75, 3.05) is 0 Å². The van der Waals surface area contributed by atoms with Crippen LogP contribution < -0.4 is 0 Å². The number of nitrogens with zero attached hydrogens (tertiary/aromatic N) is 1. The summed E-state index contributed by atoms with van der Waals surface area (Å²) in [5, 5.41) is 19.9. The fourth-order valence-corrected chi connectivity index (χ4v) is 3.42. The topological polar surface area (TPSA) is 44.0 Å². The lowest BCUT2D eigenvalue weighted by Gasteiger charge is -2.44. The molecule has 0 aromatic heterocycles. The van der Waals surface area contributed by atoms with Gasteiger partial charge in [-0.15, -0.1) is 0 Å². The Morgan fingerprint density at radius 1 is 1.38 bits per heavy atom. The molecule has 0 bridgehead atoms. The Balaban J connectivity index is 2.08. The summed E-state index contributed by atoms with van der Waals surface area (Å²) < 4.78 is 0. The van der Waals surface area contributed by atoms with E-state index in [4.69, 9.17) is 0 Å². The summed E-state index contributed by atoms with van der Waals surface area (Å²) in [6.45, 7) is 2.20. The number of rotatable bonds is 3. The van der Waals surface area contributed by atoms with Gasteiger partial charge in [0.15, 0.2) is 0 Å². The second-order valence-corrected chi connectivity index (χ2v) is 5.77. The summed E-state index contributed by atoms with van der Waals surface area (Å²) in [6, 6.07) is 2.48. The molecule has 3 unspecified atom stereocenters. The van der Waals surface area contributed by atoms with E-state index in [1.165, 1.54) is 12.8 Å². The van der Waals surface area contributed by atoms with Gasteiger partial charge in [-0.1, -0.05) is 32.6 Å². The second-order valence-electron chi connectivity index (χ2n) is 5.77. The number of hydrogen-bond donors (Lipinski definition) is 1. The average Bonchev–Trinajstić information content (AvgIpc) is 2.26. The molecule has 0 radical (unpaired) electrons. The van der Waals surface area contributed by atoms with Crippen LogP contribution in [0.25, 0.3) is 0 Å². The first kappa shape index (κ1) is 11.9. The van der Waals surface area contributed by atoms with Crippen LogP contribution in [0.15, 0.2) is 0 Å². The van der Waals surface area contributed by atoms with E-state index in [0.29, 0.717) is 11.8 Å². The lowest BCUT2D eigenvalue weighted by Crippen LogP contribution is -2.44. The van der Waals surface area contributed by atoms with E-state index in [-0.39, 0.29) is 6.10 Å². The first-order valence-electron chi connectivity index (χ1n) is 6.81. The maximum atomic E-state index is 10.4. The molecule has 90 valence electrons. The van der Waals surface area contributed by atoms with Crippen molar-refractivity contribution in [3.8, 4) is 6.07 Å². The largest absolute Gasteiger partial charge is 0.391 e. The lowest BCUT2D eigenvalue weighted by atomic mass is 9.61. The predicted molar refractivity (Wildman–Crippen MR) is 63.6 cm³/mol. The molecule has 0 aromatic rings. The van der Waals surface area contributed by atoms with Crippen molar-refractivity contribution in [1.82, 2.24) is 0 Å². The summed E-state index contributed by atoms with van der Waals surface area (Å²) in [5.41, 5.74) is -0.413. The molecule has 2 saturated carbocycles. The zero-order chi connectivity index (χ0) is 11.6. The van der Waals surface area contributed by atoms with Crippen molar-refractivity contribution in [1.29, 1.82) is 5.26 Å². The van der Waals surface area contributed by atoms with Crippen LogP contribution in [-0.4, -0.2) is 11.2 Å². The molecule has 2 fully saturated rings. The van der Waals surface area contributed by atoms with Crippen molar-refractivity contribution in [3.63, 3.8) is 0 Å². The van der Waals surface area contributed by atoms with E-state index in [9.17, 15) is 10.4 Å². The van der Waals surface area contributed by atoms with Gasteiger partial charge in [0.05, 0.1) is 17.6 Å². The minimum absolute atomic E-state index is 0.361. The van der Waals surface area contributed by atoms with Gasteiger partial charge in [0.25, 0.3) is 0 Å². The maximum absolute atomic E-state index is 10.4. The summed E-state index contributed by atoms with van der Waals surface area (Å²) in [6.07, 6.45) is 8.49. The van der Waals surface area contributed by atoms with Crippen molar-refractivity contribution >= 4 is 0 Å². The monoisotopic (exact) mass is 221 g/mol. The van der Waals surface area contributed by atoms with Gasteiger partial charge in [-0.2, -0.15) is 5.26 Å². The first-order chi connectivity index (χ1) is 7.72. The molecule has 0 aromatic carbocycles. The van der Waals surface area contributed by atoms with Crippen LogP contribution in [0.2, 0.25) is 0 Å². The highest BCUT2D eigenvalue weighted by molar-refractivity contribution is 5.08. The molecule has 2 aliphatic carbocycles. The highest BCUT2D eigenvalue weighted by Crippen LogP contribution is 2.47. The van der Waals surface area contributed by atoms with Crippen molar-refractivity contribution in [2.45, 2.75) is 64.4 Å². The van der Waals surface area contributed by atoms with E-state index in [1.807, 2.05) is 0 Å². The van der Waals surface area contributed by atoms with Crippen LogP contribution in [0.5, 0.6) is 0 Å². The molecule has 2 rings (SSSR count). The summed E-state index contributed by atoms with van der Waals surface area (Å²) in [4.78, 5) is 0. The Hall–Kier alpha value is -0.550. The molecular weight excluding hydrogens is 198 g/mol. The third-order valence-electron chi connectivity index (χ3n) is 4.85. The Bertz CT molecular complexity index is 279. The lowest BCUT2D eigenvalue weighted by molar-refractivity contribution is -0.0436. The number of aliphatic hydroxyl groups excluding tert-OH is 1. The van der Waals surface area contributed by atoms with Gasteiger partial charge in [0.2, 0.25) is 0 Å². The number of nitriles is 1. The van der Waals surface area contributed by atoms with Crippen molar-refractivity contribution in [3.05, 3.63) is 0 Å². The molecule has 0 saturated heterocycles. The van der Waals surface area contributed by atoms with Gasteiger partial charge < -0.3 is 5.11 Å². The van der Waals surface area contributed by atoms with Gasteiger partial charge in [-0.25, -0.2) is 0 Å². The highest BCUT2D eigenvalue weighted by atomic mass is 16.3. The van der Waals surface area contributed by atoms with Crippen molar-refractivity contribution < 1.29 is 5.11 Å². The molecule has 3 atom stereocenters. The van der Waals surface area contributed by atoms with Crippen LogP contribution in [0, 0.1) is 28.6 Å².